The summed E-state index contributed by atoms with van der Waals surface area (Å²) in [4.78, 5) is 16.1. The van der Waals surface area contributed by atoms with Crippen LogP contribution in [0.5, 0.6) is 5.75 Å². The van der Waals surface area contributed by atoms with E-state index in [1.165, 1.54) is 25.7 Å². The van der Waals surface area contributed by atoms with Gasteiger partial charge in [0.1, 0.15) is 5.75 Å². The maximum atomic E-state index is 11.9. The Balaban J connectivity index is 1.60. The van der Waals surface area contributed by atoms with Crippen LogP contribution >= 0.6 is 11.6 Å². The first kappa shape index (κ1) is 21.4. The Morgan fingerprint density at radius 1 is 1.19 bits per heavy atom. The minimum absolute atomic E-state index is 0.154. The second-order valence-electron chi connectivity index (χ2n) is 6.84. The van der Waals surface area contributed by atoms with Gasteiger partial charge >= 0.3 is 0 Å². The fraction of sp³-hybridized carbons (Fsp3) is 0.600. The second-order valence-corrected chi connectivity index (χ2v) is 7.24. The lowest BCUT2D eigenvalue weighted by molar-refractivity contribution is -0.121. The van der Waals surface area contributed by atoms with Gasteiger partial charge in [-0.25, -0.2) is 0 Å². The van der Waals surface area contributed by atoms with Crippen LogP contribution in [0, 0.1) is 5.92 Å². The molecule has 0 radical (unpaired) electrons. The van der Waals surface area contributed by atoms with Crippen molar-refractivity contribution in [3.8, 4) is 5.75 Å². The molecule has 1 amide bonds. The minimum Gasteiger partial charge on any atom is -0.497 e. The summed E-state index contributed by atoms with van der Waals surface area (Å²) in [7, 11) is 3.36. The van der Waals surface area contributed by atoms with Gasteiger partial charge in [-0.1, -0.05) is 30.5 Å². The number of methoxy groups -OCH3 is 1. The predicted molar refractivity (Wildman–Crippen MR) is 111 cm³/mol. The Morgan fingerprint density at radius 3 is 2.56 bits per heavy atom. The number of halogens is 1. The van der Waals surface area contributed by atoms with E-state index in [-0.39, 0.29) is 5.91 Å². The Morgan fingerprint density at radius 2 is 1.89 bits per heavy atom. The van der Waals surface area contributed by atoms with Crippen molar-refractivity contribution in [2.75, 3.05) is 33.8 Å². The van der Waals surface area contributed by atoms with Crippen molar-refractivity contribution in [3.63, 3.8) is 0 Å². The Labute approximate surface area is 167 Å². The van der Waals surface area contributed by atoms with Crippen LogP contribution in [0.4, 0.5) is 0 Å². The first-order valence-electron chi connectivity index (χ1n) is 9.66. The van der Waals surface area contributed by atoms with E-state index in [1.807, 2.05) is 18.2 Å². The fourth-order valence-corrected chi connectivity index (χ4v) is 3.59. The van der Waals surface area contributed by atoms with Crippen molar-refractivity contribution in [3.05, 3.63) is 28.8 Å². The maximum absolute atomic E-state index is 11.9. The Bertz CT molecular complexity index is 630. The highest BCUT2D eigenvalue weighted by molar-refractivity contribution is 6.31. The number of hydrogen-bond donors (Lipinski definition) is 3. The largest absolute Gasteiger partial charge is 0.497 e. The highest BCUT2D eigenvalue weighted by Gasteiger charge is 2.17. The number of nitrogens with zero attached hydrogens (tertiary/aromatic N) is 1. The molecule has 1 aliphatic rings. The van der Waals surface area contributed by atoms with E-state index in [1.54, 1.807) is 14.2 Å². The van der Waals surface area contributed by atoms with Gasteiger partial charge in [-0.15, -0.1) is 0 Å². The molecule has 0 aromatic heterocycles. The van der Waals surface area contributed by atoms with Gasteiger partial charge < -0.3 is 20.7 Å². The van der Waals surface area contributed by atoms with Gasteiger partial charge in [0.15, 0.2) is 5.96 Å². The average molecular weight is 395 g/mol. The summed E-state index contributed by atoms with van der Waals surface area (Å²) in [5, 5.41) is 10.1. The number of benzene rings is 1. The lowest BCUT2D eigenvalue weighted by Gasteiger charge is -2.14. The average Bonchev–Trinajstić information content (AvgIpc) is 3.17. The molecule has 27 heavy (non-hydrogen) atoms. The van der Waals surface area contributed by atoms with Gasteiger partial charge in [-0.3, -0.25) is 9.79 Å². The van der Waals surface area contributed by atoms with Crippen LogP contribution in [-0.2, 0) is 11.2 Å². The molecule has 1 aliphatic carbocycles. The number of ether oxygens (including phenoxy) is 1. The van der Waals surface area contributed by atoms with E-state index in [9.17, 15) is 4.79 Å². The van der Waals surface area contributed by atoms with Gasteiger partial charge in [0.2, 0.25) is 5.91 Å². The second kappa shape index (κ2) is 11.7. The molecule has 6 nitrogen and oxygen atoms in total. The number of nitrogens with one attached hydrogen (secondary N) is 3. The first-order valence-corrected chi connectivity index (χ1v) is 10.0. The van der Waals surface area contributed by atoms with E-state index in [2.05, 4.69) is 20.9 Å². The number of amides is 1. The molecule has 0 atom stereocenters. The van der Waals surface area contributed by atoms with E-state index < -0.39 is 0 Å². The van der Waals surface area contributed by atoms with E-state index in [0.29, 0.717) is 43.0 Å². The molecule has 150 valence electrons. The Hall–Kier alpha value is -1.95. The van der Waals surface area contributed by atoms with Crippen LogP contribution < -0.4 is 20.7 Å². The monoisotopic (exact) mass is 394 g/mol. The third-order valence-corrected chi connectivity index (χ3v) is 5.21. The molecule has 2 rings (SSSR count). The van der Waals surface area contributed by atoms with E-state index in [0.717, 1.165) is 17.7 Å². The molecule has 3 N–H and O–H groups in total. The molecule has 1 fully saturated rings. The highest BCUT2D eigenvalue weighted by Crippen LogP contribution is 2.27. The summed E-state index contributed by atoms with van der Waals surface area (Å²) in [6.45, 7) is 1.94. The van der Waals surface area contributed by atoms with Crippen molar-refractivity contribution >= 4 is 23.5 Å². The van der Waals surface area contributed by atoms with Gasteiger partial charge in [0, 0.05) is 38.1 Å². The molecule has 0 bridgehead atoms. The fourth-order valence-electron chi connectivity index (χ4n) is 3.33. The third-order valence-electron chi connectivity index (χ3n) is 4.86. The van der Waals surface area contributed by atoms with Crippen LogP contribution in [0.2, 0.25) is 5.02 Å². The number of hydrogen-bond acceptors (Lipinski definition) is 3. The van der Waals surface area contributed by atoms with Crippen LogP contribution in [0.1, 0.15) is 37.7 Å². The molecule has 1 aromatic rings. The summed E-state index contributed by atoms with van der Waals surface area (Å²) in [6, 6.07) is 5.69. The molecule has 0 spiro atoms. The normalized spacial score (nSPS) is 14.9. The van der Waals surface area contributed by atoms with Gasteiger partial charge in [-0.2, -0.15) is 0 Å². The number of carbonyl (C=O) groups excluding carboxylic acids is 1. The predicted octanol–water partition coefficient (Wildman–Crippen LogP) is 2.75. The van der Waals surface area contributed by atoms with Crippen molar-refractivity contribution < 1.29 is 9.53 Å². The third kappa shape index (κ3) is 7.67. The summed E-state index contributed by atoms with van der Waals surface area (Å²) < 4.78 is 5.16. The zero-order valence-electron chi connectivity index (χ0n) is 16.3. The Kier molecular flexibility index (Phi) is 9.25. The molecule has 0 unspecified atom stereocenters. The molecule has 0 aliphatic heterocycles. The lowest BCUT2D eigenvalue weighted by atomic mass is 10.0. The van der Waals surface area contributed by atoms with Crippen LogP contribution in [0.15, 0.2) is 23.2 Å². The van der Waals surface area contributed by atoms with Gasteiger partial charge in [0.25, 0.3) is 0 Å². The smallest absolute Gasteiger partial charge is 0.220 e. The zero-order valence-corrected chi connectivity index (χ0v) is 17.1. The topological polar surface area (TPSA) is 74.8 Å². The van der Waals surface area contributed by atoms with E-state index in [4.69, 9.17) is 16.3 Å². The first-order chi connectivity index (χ1) is 13.1. The van der Waals surface area contributed by atoms with Crippen molar-refractivity contribution in [2.24, 2.45) is 10.9 Å². The highest BCUT2D eigenvalue weighted by atomic mass is 35.5. The van der Waals surface area contributed by atoms with Crippen molar-refractivity contribution in [1.29, 1.82) is 0 Å². The minimum atomic E-state index is 0.154. The SMILES string of the molecule is CN=C(NCCNC(=O)CC1CCCC1)NCCc1ccc(OC)cc1Cl. The van der Waals surface area contributed by atoms with Gasteiger partial charge in [-0.05, 0) is 42.9 Å². The standard InChI is InChI=1S/C20H31ClN4O2/c1-22-20(24-10-9-16-7-8-17(27-2)14-18(16)21)25-12-11-23-19(26)13-15-5-3-4-6-15/h7-8,14-15H,3-6,9-13H2,1-2H3,(H,23,26)(H2,22,24,25). The summed E-state index contributed by atoms with van der Waals surface area (Å²) >= 11 is 6.26. The molecule has 1 saturated carbocycles. The zero-order chi connectivity index (χ0) is 19.5. The van der Waals surface area contributed by atoms with Crippen LogP contribution in [0.3, 0.4) is 0 Å². The summed E-state index contributed by atoms with van der Waals surface area (Å²) in [5.74, 6) is 2.20. The molecular weight excluding hydrogens is 364 g/mol. The quantitative estimate of drug-likeness (QED) is 0.342. The van der Waals surface area contributed by atoms with Crippen molar-refractivity contribution in [2.45, 2.75) is 38.5 Å². The summed E-state index contributed by atoms with van der Waals surface area (Å²) in [6.07, 6.45) is 6.37. The summed E-state index contributed by atoms with van der Waals surface area (Å²) in [5.41, 5.74) is 1.06. The molecule has 0 saturated heterocycles. The maximum Gasteiger partial charge on any atom is 0.220 e. The molecule has 7 heteroatoms. The van der Waals surface area contributed by atoms with E-state index >= 15 is 0 Å². The van der Waals surface area contributed by atoms with Gasteiger partial charge in [0.05, 0.1) is 7.11 Å². The number of guanidine groups is 1. The molecular formula is C20H31ClN4O2. The molecule has 1 aromatic carbocycles. The van der Waals surface area contributed by atoms with Crippen LogP contribution in [-0.4, -0.2) is 45.7 Å². The van der Waals surface area contributed by atoms with Crippen LogP contribution in [0.25, 0.3) is 0 Å². The lowest BCUT2D eigenvalue weighted by Crippen LogP contribution is -2.42. The number of aliphatic imine (C=N–C) groups is 1. The molecule has 0 heterocycles. The number of rotatable bonds is 9. The van der Waals surface area contributed by atoms with Crippen molar-refractivity contribution in [1.82, 2.24) is 16.0 Å². The number of carbonyl (C=O) groups is 1.